The van der Waals surface area contributed by atoms with Crippen LogP contribution in [0.4, 0.5) is 0 Å². The molecular weight excluding hydrogens is 236 g/mol. The molecule has 0 unspecified atom stereocenters. The molecule has 2 rings (SSSR count). The van der Waals surface area contributed by atoms with Crippen molar-refractivity contribution in [2.24, 2.45) is 0 Å². The van der Waals surface area contributed by atoms with Gasteiger partial charge in [-0.05, 0) is 24.3 Å². The summed E-state index contributed by atoms with van der Waals surface area (Å²) in [6, 6.07) is 8.79. The maximum Gasteiger partial charge on any atom is 0.271 e. The lowest BCUT2D eigenvalue weighted by atomic mass is 9.93. The number of nitrogens with zero attached hydrogens (tertiary/aromatic N) is 1. The van der Waals surface area contributed by atoms with Crippen molar-refractivity contribution in [1.29, 1.82) is 0 Å². The minimum atomic E-state index is -0.0726. The maximum absolute atomic E-state index is 11.9. The first-order chi connectivity index (χ1) is 7.88. The summed E-state index contributed by atoms with van der Waals surface area (Å²) in [6.07, 6.45) is 0. The summed E-state index contributed by atoms with van der Waals surface area (Å²) in [7, 11) is 0. The van der Waals surface area contributed by atoms with Crippen molar-refractivity contribution in [2.45, 2.75) is 26.2 Å². The molecule has 1 N–H and O–H groups in total. The number of aromatic nitrogens is 2. The van der Waals surface area contributed by atoms with Gasteiger partial charge in [-0.25, -0.2) is 4.68 Å². The molecule has 1 heterocycles. The minimum absolute atomic E-state index is 0.0581. The number of rotatable bonds is 1. The van der Waals surface area contributed by atoms with Gasteiger partial charge in [0, 0.05) is 22.2 Å². The molecule has 0 saturated heterocycles. The van der Waals surface area contributed by atoms with Gasteiger partial charge in [-0.15, -0.1) is 0 Å². The number of hydrogen-bond acceptors (Lipinski definition) is 1. The molecule has 2 aromatic rings. The fourth-order valence-electron chi connectivity index (χ4n) is 1.56. The van der Waals surface area contributed by atoms with Crippen LogP contribution in [-0.4, -0.2) is 9.78 Å². The Morgan fingerprint density at radius 1 is 1.18 bits per heavy atom. The lowest BCUT2D eigenvalue weighted by molar-refractivity contribution is 0.560. The molecule has 0 fully saturated rings. The van der Waals surface area contributed by atoms with E-state index < -0.39 is 0 Å². The molecule has 0 aliphatic heterocycles. The molecule has 4 heteroatoms. The molecule has 0 bridgehead atoms. The Kier molecular flexibility index (Phi) is 2.87. The predicted octanol–water partition coefficient (Wildman–Crippen LogP) is 3.12. The van der Waals surface area contributed by atoms with Crippen molar-refractivity contribution in [2.75, 3.05) is 0 Å². The number of H-pyrrole nitrogens is 1. The Morgan fingerprint density at radius 2 is 1.76 bits per heavy atom. The maximum atomic E-state index is 11.9. The molecule has 0 amide bonds. The van der Waals surface area contributed by atoms with Gasteiger partial charge >= 0.3 is 0 Å². The Labute approximate surface area is 105 Å². The Bertz CT molecular complexity index is 573. The van der Waals surface area contributed by atoms with Crippen molar-refractivity contribution >= 4 is 11.6 Å². The SMILES string of the molecule is CC(C)(C)c1cc(=O)n(-c2ccc(Cl)cc2)[nH]1. The summed E-state index contributed by atoms with van der Waals surface area (Å²) >= 11 is 5.82. The van der Waals surface area contributed by atoms with Gasteiger partial charge in [0.25, 0.3) is 5.56 Å². The van der Waals surface area contributed by atoms with E-state index in [2.05, 4.69) is 25.9 Å². The Hall–Kier alpha value is -1.48. The van der Waals surface area contributed by atoms with E-state index >= 15 is 0 Å². The Balaban J connectivity index is 2.50. The zero-order chi connectivity index (χ0) is 12.6. The Morgan fingerprint density at radius 3 is 2.24 bits per heavy atom. The molecule has 1 aromatic heterocycles. The van der Waals surface area contributed by atoms with E-state index in [1.54, 1.807) is 18.2 Å². The van der Waals surface area contributed by atoms with Gasteiger partial charge in [0.15, 0.2) is 0 Å². The second kappa shape index (κ2) is 4.08. The monoisotopic (exact) mass is 250 g/mol. The van der Waals surface area contributed by atoms with Crippen LogP contribution in [0.2, 0.25) is 5.02 Å². The van der Waals surface area contributed by atoms with Crippen LogP contribution < -0.4 is 5.56 Å². The second-order valence-corrected chi connectivity index (χ2v) is 5.51. The van der Waals surface area contributed by atoms with Gasteiger partial charge in [-0.1, -0.05) is 32.4 Å². The van der Waals surface area contributed by atoms with Crippen LogP contribution in [0.3, 0.4) is 0 Å². The fourth-order valence-corrected chi connectivity index (χ4v) is 1.69. The van der Waals surface area contributed by atoms with E-state index in [0.717, 1.165) is 11.4 Å². The predicted molar refractivity (Wildman–Crippen MR) is 70.1 cm³/mol. The lowest BCUT2D eigenvalue weighted by Crippen LogP contribution is -2.14. The average molecular weight is 251 g/mol. The van der Waals surface area contributed by atoms with Gasteiger partial charge in [-0.2, -0.15) is 0 Å². The standard InChI is InChI=1S/C13H15ClN2O/c1-13(2,3)11-8-12(17)16(15-11)10-6-4-9(14)5-7-10/h4-8,15H,1-3H3. The smallest absolute Gasteiger partial charge is 0.271 e. The average Bonchev–Trinajstić information content (AvgIpc) is 2.61. The quantitative estimate of drug-likeness (QED) is 0.830. The summed E-state index contributed by atoms with van der Waals surface area (Å²) in [5.74, 6) is 0. The number of aromatic amines is 1. The highest BCUT2D eigenvalue weighted by molar-refractivity contribution is 6.30. The first-order valence-electron chi connectivity index (χ1n) is 5.46. The van der Waals surface area contributed by atoms with Crippen LogP contribution in [0.1, 0.15) is 26.5 Å². The van der Waals surface area contributed by atoms with Gasteiger partial charge < -0.3 is 0 Å². The third kappa shape index (κ3) is 2.44. The highest BCUT2D eigenvalue weighted by atomic mass is 35.5. The molecule has 0 aliphatic carbocycles. The van der Waals surface area contributed by atoms with Crippen molar-refractivity contribution < 1.29 is 0 Å². The first-order valence-corrected chi connectivity index (χ1v) is 5.84. The largest absolute Gasteiger partial charge is 0.294 e. The van der Waals surface area contributed by atoms with E-state index in [-0.39, 0.29) is 11.0 Å². The number of hydrogen-bond donors (Lipinski definition) is 1. The molecule has 0 saturated carbocycles. The summed E-state index contributed by atoms with van der Waals surface area (Å²) in [4.78, 5) is 11.9. The van der Waals surface area contributed by atoms with Gasteiger partial charge in [0.05, 0.1) is 5.69 Å². The lowest BCUT2D eigenvalue weighted by Gasteiger charge is -2.15. The highest BCUT2D eigenvalue weighted by Crippen LogP contribution is 2.19. The first kappa shape index (κ1) is 12.0. The topological polar surface area (TPSA) is 37.8 Å². The molecule has 0 spiro atoms. The van der Waals surface area contributed by atoms with Crippen LogP contribution in [0.15, 0.2) is 35.1 Å². The molecule has 0 radical (unpaired) electrons. The molecule has 90 valence electrons. The molecule has 17 heavy (non-hydrogen) atoms. The van der Waals surface area contributed by atoms with Crippen molar-refractivity contribution in [3.8, 4) is 5.69 Å². The van der Waals surface area contributed by atoms with Gasteiger partial charge in [0.2, 0.25) is 0 Å². The van der Waals surface area contributed by atoms with E-state index in [4.69, 9.17) is 11.6 Å². The third-order valence-corrected chi connectivity index (χ3v) is 2.87. The summed E-state index contributed by atoms with van der Waals surface area (Å²) in [5, 5.41) is 3.78. The summed E-state index contributed by atoms with van der Waals surface area (Å²) < 4.78 is 1.52. The molecule has 0 aliphatic rings. The normalized spacial score (nSPS) is 11.8. The van der Waals surface area contributed by atoms with E-state index in [1.165, 1.54) is 4.68 Å². The third-order valence-electron chi connectivity index (χ3n) is 2.61. The zero-order valence-electron chi connectivity index (χ0n) is 10.1. The molecular formula is C13H15ClN2O. The van der Waals surface area contributed by atoms with Gasteiger partial charge in [0.1, 0.15) is 0 Å². The van der Waals surface area contributed by atoms with Crippen LogP contribution in [0.25, 0.3) is 5.69 Å². The number of benzene rings is 1. The summed E-state index contributed by atoms with van der Waals surface area (Å²) in [6.45, 7) is 6.18. The van der Waals surface area contributed by atoms with Crippen molar-refractivity contribution in [1.82, 2.24) is 9.78 Å². The summed E-state index contributed by atoms with van der Waals surface area (Å²) in [5.41, 5.74) is 1.57. The van der Waals surface area contributed by atoms with E-state index in [0.29, 0.717) is 5.02 Å². The van der Waals surface area contributed by atoms with Crippen molar-refractivity contribution in [3.05, 3.63) is 51.4 Å². The molecule has 3 nitrogen and oxygen atoms in total. The van der Waals surface area contributed by atoms with E-state index in [1.807, 2.05) is 12.1 Å². The zero-order valence-corrected chi connectivity index (χ0v) is 10.9. The molecule has 1 aromatic carbocycles. The van der Waals surface area contributed by atoms with Crippen LogP contribution in [0.5, 0.6) is 0 Å². The minimum Gasteiger partial charge on any atom is -0.294 e. The number of nitrogens with one attached hydrogen (secondary N) is 1. The number of halogens is 1. The highest BCUT2D eigenvalue weighted by Gasteiger charge is 2.17. The fraction of sp³-hybridized carbons (Fsp3) is 0.308. The second-order valence-electron chi connectivity index (χ2n) is 5.07. The van der Waals surface area contributed by atoms with Crippen LogP contribution in [0, 0.1) is 0 Å². The molecule has 0 atom stereocenters. The van der Waals surface area contributed by atoms with E-state index in [9.17, 15) is 4.79 Å². The van der Waals surface area contributed by atoms with Crippen LogP contribution >= 0.6 is 11.6 Å². The van der Waals surface area contributed by atoms with Gasteiger partial charge in [-0.3, -0.25) is 9.89 Å². The van der Waals surface area contributed by atoms with Crippen LogP contribution in [-0.2, 0) is 5.41 Å². The van der Waals surface area contributed by atoms with Crippen molar-refractivity contribution in [3.63, 3.8) is 0 Å².